The molecular weight excluding hydrogens is 266 g/mol. The van der Waals surface area contributed by atoms with Crippen molar-refractivity contribution in [3.8, 4) is 5.75 Å². The number of carbonyl (C=O) groups excluding carboxylic acids is 1. The van der Waals surface area contributed by atoms with Crippen LogP contribution in [0.3, 0.4) is 0 Å². The summed E-state index contributed by atoms with van der Waals surface area (Å²) in [4.78, 5) is 11.5. The number of amides is 1. The molecule has 6 heteroatoms. The average Bonchev–Trinajstić information content (AvgIpc) is 3.11. The van der Waals surface area contributed by atoms with Crippen LogP contribution in [-0.4, -0.2) is 24.1 Å². The van der Waals surface area contributed by atoms with E-state index in [0.29, 0.717) is 12.5 Å². The number of primary amides is 1. The Hall–Kier alpha value is -1.69. The van der Waals surface area contributed by atoms with Crippen molar-refractivity contribution in [1.29, 1.82) is 0 Å². The standard InChI is InChI=1S/C14H18F2N2O2/c1-14(13(17)19,18-11-2-3-11)4-5-20-12-7-9(15)6-10(16)8-12/h6-8,11,18H,2-5H2,1H3,(H2,17,19). The maximum absolute atomic E-state index is 13.0. The molecule has 0 aromatic heterocycles. The van der Waals surface area contributed by atoms with Crippen molar-refractivity contribution in [2.75, 3.05) is 6.61 Å². The molecule has 1 unspecified atom stereocenters. The molecule has 0 saturated heterocycles. The number of carbonyl (C=O) groups is 1. The Balaban J connectivity index is 1.90. The number of halogens is 2. The van der Waals surface area contributed by atoms with Gasteiger partial charge in [0.1, 0.15) is 17.4 Å². The molecule has 1 atom stereocenters. The van der Waals surface area contributed by atoms with Crippen molar-refractivity contribution < 1.29 is 18.3 Å². The first-order valence-corrected chi connectivity index (χ1v) is 6.55. The number of hydrogen-bond acceptors (Lipinski definition) is 3. The lowest BCUT2D eigenvalue weighted by Gasteiger charge is -2.27. The summed E-state index contributed by atoms with van der Waals surface area (Å²) in [7, 11) is 0. The topological polar surface area (TPSA) is 64.3 Å². The average molecular weight is 284 g/mol. The Morgan fingerprint density at radius 1 is 1.40 bits per heavy atom. The molecule has 0 heterocycles. The Labute approximate surface area is 116 Å². The lowest BCUT2D eigenvalue weighted by atomic mass is 9.97. The van der Waals surface area contributed by atoms with Gasteiger partial charge in [0.15, 0.2) is 0 Å². The van der Waals surface area contributed by atoms with E-state index in [-0.39, 0.29) is 12.4 Å². The minimum absolute atomic E-state index is 0.0979. The third kappa shape index (κ3) is 3.90. The zero-order valence-corrected chi connectivity index (χ0v) is 11.3. The van der Waals surface area contributed by atoms with E-state index >= 15 is 0 Å². The molecular formula is C14H18F2N2O2. The van der Waals surface area contributed by atoms with Gasteiger partial charge in [0.25, 0.3) is 0 Å². The maximum atomic E-state index is 13.0. The van der Waals surface area contributed by atoms with Gasteiger partial charge in [0.05, 0.1) is 12.1 Å². The molecule has 0 spiro atoms. The molecule has 0 bridgehead atoms. The molecule has 1 fully saturated rings. The second-order valence-electron chi connectivity index (χ2n) is 5.32. The van der Waals surface area contributed by atoms with Crippen LogP contribution in [0.25, 0.3) is 0 Å². The van der Waals surface area contributed by atoms with Crippen LogP contribution in [0, 0.1) is 11.6 Å². The normalized spacial score (nSPS) is 17.6. The Bertz CT molecular complexity index is 486. The molecule has 3 N–H and O–H groups in total. The highest BCUT2D eigenvalue weighted by molar-refractivity contribution is 5.84. The van der Waals surface area contributed by atoms with Crippen molar-refractivity contribution >= 4 is 5.91 Å². The molecule has 1 amide bonds. The summed E-state index contributed by atoms with van der Waals surface area (Å²) < 4.78 is 31.3. The molecule has 0 aliphatic heterocycles. The quantitative estimate of drug-likeness (QED) is 0.801. The van der Waals surface area contributed by atoms with Crippen molar-refractivity contribution in [3.63, 3.8) is 0 Å². The van der Waals surface area contributed by atoms with E-state index in [1.165, 1.54) is 0 Å². The monoisotopic (exact) mass is 284 g/mol. The highest BCUT2D eigenvalue weighted by atomic mass is 19.1. The van der Waals surface area contributed by atoms with Crippen LogP contribution in [0.2, 0.25) is 0 Å². The van der Waals surface area contributed by atoms with Gasteiger partial charge in [-0.05, 0) is 19.8 Å². The van der Waals surface area contributed by atoms with Crippen molar-refractivity contribution in [3.05, 3.63) is 29.8 Å². The van der Waals surface area contributed by atoms with Crippen LogP contribution in [-0.2, 0) is 4.79 Å². The number of nitrogens with two attached hydrogens (primary N) is 1. The second kappa shape index (κ2) is 5.75. The van der Waals surface area contributed by atoms with Gasteiger partial charge in [-0.1, -0.05) is 0 Å². The molecule has 2 rings (SSSR count). The fraction of sp³-hybridized carbons (Fsp3) is 0.500. The fourth-order valence-electron chi connectivity index (χ4n) is 1.93. The van der Waals surface area contributed by atoms with Gasteiger partial charge in [0, 0.05) is 30.7 Å². The summed E-state index contributed by atoms with van der Waals surface area (Å²) in [6.07, 6.45) is 2.38. The Morgan fingerprint density at radius 2 is 2.00 bits per heavy atom. The van der Waals surface area contributed by atoms with Gasteiger partial charge in [-0.2, -0.15) is 0 Å². The minimum Gasteiger partial charge on any atom is -0.493 e. The molecule has 1 saturated carbocycles. The largest absolute Gasteiger partial charge is 0.493 e. The maximum Gasteiger partial charge on any atom is 0.237 e. The van der Waals surface area contributed by atoms with E-state index in [0.717, 1.165) is 31.0 Å². The molecule has 110 valence electrons. The zero-order chi connectivity index (χ0) is 14.8. The third-order valence-corrected chi connectivity index (χ3v) is 3.35. The van der Waals surface area contributed by atoms with Crippen LogP contribution < -0.4 is 15.8 Å². The van der Waals surface area contributed by atoms with Crippen LogP contribution in [0.15, 0.2) is 18.2 Å². The molecule has 20 heavy (non-hydrogen) atoms. The molecule has 1 aliphatic rings. The van der Waals surface area contributed by atoms with Gasteiger partial charge in [-0.15, -0.1) is 0 Å². The van der Waals surface area contributed by atoms with Crippen LogP contribution >= 0.6 is 0 Å². The number of ether oxygens (including phenoxy) is 1. The van der Waals surface area contributed by atoms with E-state index in [1.807, 2.05) is 0 Å². The summed E-state index contributed by atoms with van der Waals surface area (Å²) in [6.45, 7) is 1.85. The Kier molecular flexibility index (Phi) is 4.23. The number of hydrogen-bond donors (Lipinski definition) is 2. The summed E-state index contributed by atoms with van der Waals surface area (Å²) in [5, 5.41) is 3.17. The summed E-state index contributed by atoms with van der Waals surface area (Å²) in [5.41, 5.74) is 4.53. The second-order valence-corrected chi connectivity index (χ2v) is 5.32. The van der Waals surface area contributed by atoms with Gasteiger partial charge < -0.3 is 15.8 Å². The molecule has 1 aromatic rings. The summed E-state index contributed by atoms with van der Waals surface area (Å²) >= 11 is 0. The highest BCUT2D eigenvalue weighted by Crippen LogP contribution is 2.24. The van der Waals surface area contributed by atoms with Gasteiger partial charge in [-0.3, -0.25) is 4.79 Å². The first-order valence-electron chi connectivity index (χ1n) is 6.55. The van der Waals surface area contributed by atoms with Gasteiger partial charge in [-0.25, -0.2) is 8.78 Å². The smallest absolute Gasteiger partial charge is 0.237 e. The van der Waals surface area contributed by atoms with E-state index in [2.05, 4.69) is 5.32 Å². The molecule has 0 radical (unpaired) electrons. The van der Waals surface area contributed by atoms with Crippen molar-refractivity contribution in [1.82, 2.24) is 5.32 Å². The lowest BCUT2D eigenvalue weighted by molar-refractivity contribution is -0.124. The summed E-state index contributed by atoms with van der Waals surface area (Å²) in [6, 6.07) is 3.28. The summed E-state index contributed by atoms with van der Waals surface area (Å²) in [5.74, 6) is -1.76. The zero-order valence-electron chi connectivity index (χ0n) is 11.3. The van der Waals surface area contributed by atoms with Gasteiger partial charge >= 0.3 is 0 Å². The SMILES string of the molecule is CC(CCOc1cc(F)cc(F)c1)(NC1CC1)C(N)=O. The van der Waals surface area contributed by atoms with E-state index < -0.39 is 23.1 Å². The lowest BCUT2D eigenvalue weighted by Crippen LogP contribution is -2.54. The molecule has 1 aliphatic carbocycles. The predicted molar refractivity (Wildman–Crippen MR) is 70.2 cm³/mol. The number of nitrogens with one attached hydrogen (secondary N) is 1. The van der Waals surface area contributed by atoms with E-state index in [1.54, 1.807) is 6.92 Å². The van der Waals surface area contributed by atoms with Crippen LogP contribution in [0.4, 0.5) is 8.78 Å². The van der Waals surface area contributed by atoms with Crippen LogP contribution in [0.5, 0.6) is 5.75 Å². The van der Waals surface area contributed by atoms with Crippen molar-refractivity contribution in [2.45, 2.75) is 37.8 Å². The van der Waals surface area contributed by atoms with E-state index in [9.17, 15) is 13.6 Å². The number of benzene rings is 1. The number of rotatable bonds is 7. The Morgan fingerprint density at radius 3 is 2.50 bits per heavy atom. The van der Waals surface area contributed by atoms with Gasteiger partial charge in [0.2, 0.25) is 5.91 Å². The van der Waals surface area contributed by atoms with E-state index in [4.69, 9.17) is 10.5 Å². The molecule has 1 aromatic carbocycles. The third-order valence-electron chi connectivity index (χ3n) is 3.35. The minimum atomic E-state index is -0.868. The fourth-order valence-corrected chi connectivity index (χ4v) is 1.93. The predicted octanol–water partition coefficient (Wildman–Crippen LogP) is 1.73. The first kappa shape index (κ1) is 14.7. The highest BCUT2D eigenvalue weighted by Gasteiger charge is 2.36. The van der Waals surface area contributed by atoms with Crippen molar-refractivity contribution in [2.24, 2.45) is 5.73 Å². The van der Waals surface area contributed by atoms with Crippen LogP contribution in [0.1, 0.15) is 26.2 Å². The molecule has 4 nitrogen and oxygen atoms in total. The first-order chi connectivity index (χ1) is 9.39.